The summed E-state index contributed by atoms with van der Waals surface area (Å²) >= 11 is 0. The highest BCUT2D eigenvalue weighted by atomic mass is 32.2. The Hall–Kier alpha value is -0.890. The fraction of sp³-hybridized carbons (Fsp3) is 0.714. The van der Waals surface area contributed by atoms with Gasteiger partial charge in [-0.2, -0.15) is 0 Å². The van der Waals surface area contributed by atoms with E-state index in [0.717, 1.165) is 6.54 Å². The topological polar surface area (TPSA) is 91.6 Å². The quantitative estimate of drug-likeness (QED) is 0.641. The largest absolute Gasteiger partial charge is 0.447 e. The lowest BCUT2D eigenvalue weighted by atomic mass is 10.2. The Morgan fingerprint density at radius 1 is 1.24 bits per heavy atom. The van der Waals surface area contributed by atoms with Crippen molar-refractivity contribution in [2.75, 3.05) is 6.54 Å². The highest BCUT2D eigenvalue weighted by Crippen LogP contribution is 2.15. The normalized spacial score (nSPS) is 15.3. The molecule has 1 rings (SSSR count). The molecule has 2 unspecified atom stereocenters. The Morgan fingerprint density at radius 3 is 2.48 bits per heavy atom. The van der Waals surface area contributed by atoms with Crippen molar-refractivity contribution < 1.29 is 17.9 Å². The number of hydrogen-bond acceptors (Lipinski definition) is 5. The van der Waals surface area contributed by atoms with Crippen LogP contribution in [0.1, 0.15) is 39.9 Å². The molecule has 7 heteroatoms. The van der Waals surface area contributed by atoms with Crippen LogP contribution in [0.25, 0.3) is 0 Å². The van der Waals surface area contributed by atoms with Crippen molar-refractivity contribution in [3.8, 4) is 0 Å². The number of hydrogen-bond donors (Lipinski definition) is 3. The molecule has 1 aromatic heterocycles. The summed E-state index contributed by atoms with van der Waals surface area (Å²) < 4.78 is 32.1. The number of furan rings is 1. The third-order valence-corrected chi connectivity index (χ3v) is 4.27. The summed E-state index contributed by atoms with van der Waals surface area (Å²) in [5, 5.41) is 12.4. The average molecular weight is 318 g/mol. The van der Waals surface area contributed by atoms with Gasteiger partial charge in [-0.15, -0.1) is 0 Å². The van der Waals surface area contributed by atoms with Crippen LogP contribution < -0.4 is 10.0 Å². The molecule has 1 heterocycles. The molecule has 0 amide bonds. The second-order valence-corrected chi connectivity index (χ2v) is 7.50. The van der Waals surface area contributed by atoms with E-state index in [4.69, 9.17) is 4.42 Å². The highest BCUT2D eigenvalue weighted by molar-refractivity contribution is 7.89. The van der Waals surface area contributed by atoms with E-state index in [-0.39, 0.29) is 11.1 Å². The second-order valence-electron chi connectivity index (χ2n) is 5.85. The van der Waals surface area contributed by atoms with Gasteiger partial charge in [0, 0.05) is 6.04 Å². The molecule has 0 radical (unpaired) electrons. The molecule has 0 saturated heterocycles. The molecular formula is C14H26N2O4S. The zero-order chi connectivity index (χ0) is 16.0. The Bertz CT molecular complexity index is 523. The van der Waals surface area contributed by atoms with Crippen LogP contribution in [0.3, 0.4) is 0 Å². The average Bonchev–Trinajstić information content (AvgIpc) is 2.75. The van der Waals surface area contributed by atoms with Crippen LogP contribution in [0.2, 0.25) is 0 Å². The van der Waals surface area contributed by atoms with Crippen molar-refractivity contribution in [3.05, 3.63) is 17.9 Å². The van der Waals surface area contributed by atoms with Gasteiger partial charge in [-0.25, -0.2) is 13.1 Å². The summed E-state index contributed by atoms with van der Waals surface area (Å²) in [5.41, 5.74) is 0. The van der Waals surface area contributed by atoms with Gasteiger partial charge < -0.3 is 14.8 Å². The molecule has 0 fully saturated rings. The summed E-state index contributed by atoms with van der Waals surface area (Å²) in [6.45, 7) is 8.86. The minimum absolute atomic E-state index is 0.0960. The summed E-state index contributed by atoms with van der Waals surface area (Å²) in [4.78, 5) is 0. The fourth-order valence-corrected chi connectivity index (χ4v) is 3.17. The summed E-state index contributed by atoms with van der Waals surface area (Å²) in [5.74, 6) is 1.10. The Labute approximate surface area is 127 Å². The molecular weight excluding hydrogens is 292 g/mol. The van der Waals surface area contributed by atoms with Gasteiger partial charge in [0.25, 0.3) is 10.0 Å². The van der Waals surface area contributed by atoms with Gasteiger partial charge in [0.15, 0.2) is 0 Å². The van der Waals surface area contributed by atoms with Crippen LogP contribution in [-0.2, 0) is 16.6 Å². The number of aliphatic hydroxyl groups is 1. The van der Waals surface area contributed by atoms with E-state index < -0.39 is 16.1 Å². The van der Waals surface area contributed by atoms with Gasteiger partial charge in [0.2, 0.25) is 5.09 Å². The van der Waals surface area contributed by atoms with Crippen molar-refractivity contribution >= 4 is 10.0 Å². The van der Waals surface area contributed by atoms with E-state index in [2.05, 4.69) is 23.9 Å². The van der Waals surface area contributed by atoms with Crippen LogP contribution in [-0.4, -0.2) is 32.2 Å². The van der Waals surface area contributed by atoms with Gasteiger partial charge in [0.1, 0.15) is 5.76 Å². The summed E-state index contributed by atoms with van der Waals surface area (Å²) in [6.07, 6.45) is -0.210. The predicted molar refractivity (Wildman–Crippen MR) is 81.3 cm³/mol. The molecule has 0 saturated carbocycles. The van der Waals surface area contributed by atoms with Gasteiger partial charge in [-0.3, -0.25) is 0 Å². The third kappa shape index (κ3) is 6.60. The maximum absolute atomic E-state index is 12.1. The molecule has 0 aliphatic carbocycles. The number of nitrogens with one attached hydrogen (secondary N) is 2. The molecule has 3 N–H and O–H groups in total. The standard InChI is InChI=1S/C14H26N2O4S/c1-10(2)8-15-9-13-5-6-14(20-13)21(18,19)16-11(3)7-12(4)17/h5-6,10-12,15-17H,7-9H2,1-4H3. The maximum atomic E-state index is 12.1. The minimum Gasteiger partial charge on any atom is -0.447 e. The molecule has 21 heavy (non-hydrogen) atoms. The van der Waals surface area contributed by atoms with Crippen molar-refractivity contribution in [2.45, 2.75) is 57.9 Å². The molecule has 0 aliphatic rings. The monoisotopic (exact) mass is 318 g/mol. The van der Waals surface area contributed by atoms with Gasteiger partial charge in [0.05, 0.1) is 12.6 Å². The predicted octanol–water partition coefficient (Wildman–Crippen LogP) is 1.46. The zero-order valence-corrected chi connectivity index (χ0v) is 13.9. The van der Waals surface area contributed by atoms with Crippen molar-refractivity contribution in [1.82, 2.24) is 10.0 Å². The summed E-state index contributed by atoms with van der Waals surface area (Å²) in [7, 11) is -3.68. The Morgan fingerprint density at radius 2 is 1.90 bits per heavy atom. The lowest BCUT2D eigenvalue weighted by molar-refractivity contribution is 0.174. The lowest BCUT2D eigenvalue weighted by Gasteiger charge is -2.14. The lowest BCUT2D eigenvalue weighted by Crippen LogP contribution is -2.34. The van der Waals surface area contributed by atoms with E-state index in [1.807, 2.05) is 0 Å². The minimum atomic E-state index is -3.68. The third-order valence-electron chi connectivity index (χ3n) is 2.80. The molecule has 6 nitrogen and oxygen atoms in total. The van der Waals surface area contributed by atoms with E-state index in [1.165, 1.54) is 6.07 Å². The van der Waals surface area contributed by atoms with E-state index in [0.29, 0.717) is 24.6 Å². The van der Waals surface area contributed by atoms with Crippen molar-refractivity contribution in [2.24, 2.45) is 5.92 Å². The van der Waals surface area contributed by atoms with Crippen LogP contribution in [0, 0.1) is 5.92 Å². The van der Waals surface area contributed by atoms with Crippen LogP contribution >= 0.6 is 0 Å². The zero-order valence-electron chi connectivity index (χ0n) is 13.1. The molecule has 0 aromatic carbocycles. The first-order valence-corrected chi connectivity index (χ1v) is 8.69. The molecule has 2 atom stereocenters. The van der Waals surface area contributed by atoms with Gasteiger partial charge in [-0.1, -0.05) is 13.8 Å². The smallest absolute Gasteiger partial charge is 0.274 e. The molecule has 0 bridgehead atoms. The number of aliphatic hydroxyl groups excluding tert-OH is 1. The second kappa shape index (κ2) is 7.93. The maximum Gasteiger partial charge on any atom is 0.274 e. The number of sulfonamides is 1. The van der Waals surface area contributed by atoms with Crippen molar-refractivity contribution in [1.29, 1.82) is 0 Å². The van der Waals surface area contributed by atoms with Gasteiger partial charge in [-0.05, 0) is 44.9 Å². The number of rotatable bonds is 9. The first-order chi connectivity index (χ1) is 9.70. The van der Waals surface area contributed by atoms with Crippen molar-refractivity contribution in [3.63, 3.8) is 0 Å². The Balaban J connectivity index is 2.61. The van der Waals surface area contributed by atoms with Gasteiger partial charge >= 0.3 is 0 Å². The van der Waals surface area contributed by atoms with E-state index in [1.54, 1.807) is 19.9 Å². The highest BCUT2D eigenvalue weighted by Gasteiger charge is 2.21. The molecule has 0 spiro atoms. The first kappa shape index (κ1) is 18.2. The molecule has 122 valence electrons. The molecule has 0 aliphatic heterocycles. The Kier molecular flexibility index (Phi) is 6.86. The summed E-state index contributed by atoms with van der Waals surface area (Å²) in [6, 6.07) is 2.74. The first-order valence-electron chi connectivity index (χ1n) is 7.20. The van der Waals surface area contributed by atoms with E-state index in [9.17, 15) is 13.5 Å². The molecule has 1 aromatic rings. The van der Waals surface area contributed by atoms with E-state index >= 15 is 0 Å². The van der Waals surface area contributed by atoms with Crippen LogP contribution in [0.5, 0.6) is 0 Å². The van der Waals surface area contributed by atoms with Crippen LogP contribution in [0.4, 0.5) is 0 Å². The fourth-order valence-electron chi connectivity index (χ4n) is 1.96. The van der Waals surface area contributed by atoms with Crippen LogP contribution in [0.15, 0.2) is 21.6 Å². The SMILES string of the molecule is CC(C)CNCc1ccc(S(=O)(=O)NC(C)CC(C)O)o1.